The van der Waals surface area contributed by atoms with Crippen LogP contribution >= 0.6 is 11.6 Å². The van der Waals surface area contributed by atoms with Gasteiger partial charge in [0.25, 0.3) is 5.91 Å². The van der Waals surface area contributed by atoms with Crippen molar-refractivity contribution in [3.8, 4) is 5.75 Å². The third-order valence-electron chi connectivity index (χ3n) is 3.58. The summed E-state index contributed by atoms with van der Waals surface area (Å²) in [6.45, 7) is 7.31. The zero-order valence-electron chi connectivity index (χ0n) is 14.1. The summed E-state index contributed by atoms with van der Waals surface area (Å²) in [5, 5.41) is 7.84. The Labute approximate surface area is 141 Å². The number of aromatic nitrogens is 2. The molecule has 0 unspecified atom stereocenters. The molecular formula is C17H22ClN3O2. The molecule has 0 aliphatic rings. The Kier molecular flexibility index (Phi) is 5.00. The van der Waals surface area contributed by atoms with E-state index < -0.39 is 5.60 Å². The molecule has 2 rings (SSSR count). The maximum absolute atomic E-state index is 12.6. The van der Waals surface area contributed by atoms with Crippen molar-refractivity contribution in [1.82, 2.24) is 15.1 Å². The molecular weight excluding hydrogens is 314 g/mol. The molecule has 0 spiro atoms. The molecule has 1 N–H and O–H groups in total. The standard InChI is InChI=1S/C17H22ClN3O2/c1-11(15-10-21(5)20-12(15)2)19-16(22)17(3,4)23-14-8-6-7-13(18)9-14/h6-11H,1-5H3,(H,19,22)/t11-/m0/s1. The van der Waals surface area contributed by atoms with E-state index in [0.29, 0.717) is 10.8 Å². The highest BCUT2D eigenvalue weighted by Gasteiger charge is 2.31. The van der Waals surface area contributed by atoms with Crippen molar-refractivity contribution in [1.29, 1.82) is 0 Å². The second-order valence-electron chi connectivity index (χ2n) is 6.11. The van der Waals surface area contributed by atoms with Crippen molar-refractivity contribution >= 4 is 17.5 Å². The Morgan fingerprint density at radius 3 is 2.70 bits per heavy atom. The number of aryl methyl sites for hydroxylation is 2. The van der Waals surface area contributed by atoms with Crippen LogP contribution in [0.25, 0.3) is 0 Å². The normalized spacial score (nSPS) is 12.8. The van der Waals surface area contributed by atoms with Crippen LogP contribution in [0.1, 0.15) is 38.1 Å². The number of amides is 1. The van der Waals surface area contributed by atoms with E-state index in [-0.39, 0.29) is 11.9 Å². The predicted molar refractivity (Wildman–Crippen MR) is 90.7 cm³/mol. The van der Waals surface area contributed by atoms with Gasteiger partial charge in [0.15, 0.2) is 5.60 Å². The molecule has 0 bridgehead atoms. The van der Waals surface area contributed by atoms with Crippen molar-refractivity contribution < 1.29 is 9.53 Å². The summed E-state index contributed by atoms with van der Waals surface area (Å²) < 4.78 is 7.54. The molecule has 124 valence electrons. The first-order valence-corrected chi connectivity index (χ1v) is 7.82. The maximum atomic E-state index is 12.6. The summed E-state index contributed by atoms with van der Waals surface area (Å²) >= 11 is 5.95. The average molecular weight is 336 g/mol. The third-order valence-corrected chi connectivity index (χ3v) is 3.82. The average Bonchev–Trinajstić information content (AvgIpc) is 2.77. The highest BCUT2D eigenvalue weighted by Crippen LogP contribution is 2.23. The van der Waals surface area contributed by atoms with Gasteiger partial charge in [0.1, 0.15) is 5.75 Å². The molecule has 1 atom stereocenters. The molecule has 1 heterocycles. The molecule has 5 nitrogen and oxygen atoms in total. The number of rotatable bonds is 5. The Morgan fingerprint density at radius 1 is 1.43 bits per heavy atom. The molecule has 0 radical (unpaired) electrons. The van der Waals surface area contributed by atoms with Gasteiger partial charge in [-0.1, -0.05) is 17.7 Å². The van der Waals surface area contributed by atoms with Gasteiger partial charge in [-0.3, -0.25) is 9.48 Å². The second-order valence-corrected chi connectivity index (χ2v) is 6.54. The molecule has 2 aromatic rings. The zero-order chi connectivity index (χ0) is 17.2. The predicted octanol–water partition coefficient (Wildman–Crippen LogP) is 3.42. The largest absolute Gasteiger partial charge is 0.478 e. The Bertz CT molecular complexity index is 710. The van der Waals surface area contributed by atoms with Crippen molar-refractivity contribution in [2.24, 2.45) is 7.05 Å². The van der Waals surface area contributed by atoms with E-state index in [2.05, 4.69) is 10.4 Å². The number of halogens is 1. The van der Waals surface area contributed by atoms with Gasteiger partial charge in [0, 0.05) is 23.8 Å². The van der Waals surface area contributed by atoms with Gasteiger partial charge in [-0.05, 0) is 45.9 Å². The summed E-state index contributed by atoms with van der Waals surface area (Å²) in [5.41, 5.74) is 0.864. The van der Waals surface area contributed by atoms with Gasteiger partial charge < -0.3 is 10.1 Å². The van der Waals surface area contributed by atoms with E-state index in [1.807, 2.05) is 27.1 Å². The van der Waals surface area contributed by atoms with Crippen LogP contribution in [0.5, 0.6) is 5.75 Å². The lowest BCUT2D eigenvalue weighted by Gasteiger charge is -2.27. The molecule has 1 aromatic carbocycles. The first-order valence-electron chi connectivity index (χ1n) is 7.45. The fourth-order valence-corrected chi connectivity index (χ4v) is 2.54. The number of benzene rings is 1. The molecule has 23 heavy (non-hydrogen) atoms. The minimum atomic E-state index is -1.02. The van der Waals surface area contributed by atoms with Crippen LogP contribution in [-0.2, 0) is 11.8 Å². The van der Waals surface area contributed by atoms with E-state index >= 15 is 0 Å². The van der Waals surface area contributed by atoms with Crippen LogP contribution in [0.15, 0.2) is 30.5 Å². The smallest absolute Gasteiger partial charge is 0.264 e. The minimum absolute atomic E-state index is 0.154. The quantitative estimate of drug-likeness (QED) is 0.910. The summed E-state index contributed by atoms with van der Waals surface area (Å²) in [5.74, 6) is 0.357. The fourth-order valence-electron chi connectivity index (χ4n) is 2.36. The van der Waals surface area contributed by atoms with Gasteiger partial charge >= 0.3 is 0 Å². The molecule has 0 saturated heterocycles. The highest BCUT2D eigenvalue weighted by atomic mass is 35.5. The van der Waals surface area contributed by atoms with Crippen LogP contribution in [0.3, 0.4) is 0 Å². The highest BCUT2D eigenvalue weighted by molar-refractivity contribution is 6.30. The van der Waals surface area contributed by atoms with Gasteiger partial charge in [-0.2, -0.15) is 5.10 Å². The zero-order valence-corrected chi connectivity index (χ0v) is 14.8. The molecule has 1 aromatic heterocycles. The molecule has 0 saturated carbocycles. The van der Waals surface area contributed by atoms with Gasteiger partial charge in [0.05, 0.1) is 11.7 Å². The SMILES string of the molecule is Cc1nn(C)cc1[C@H](C)NC(=O)C(C)(C)Oc1cccc(Cl)c1. The van der Waals surface area contributed by atoms with Crippen LogP contribution in [0, 0.1) is 6.92 Å². The van der Waals surface area contributed by atoms with E-state index in [9.17, 15) is 4.79 Å². The summed E-state index contributed by atoms with van der Waals surface area (Å²) in [6.07, 6.45) is 1.91. The minimum Gasteiger partial charge on any atom is -0.478 e. The lowest BCUT2D eigenvalue weighted by atomic mass is 10.1. The molecule has 0 aliphatic carbocycles. The Hall–Kier alpha value is -2.01. The van der Waals surface area contributed by atoms with Crippen molar-refractivity contribution in [2.75, 3.05) is 0 Å². The molecule has 0 aliphatic heterocycles. The van der Waals surface area contributed by atoms with Crippen molar-refractivity contribution in [2.45, 2.75) is 39.3 Å². The molecule has 6 heteroatoms. The molecule has 1 amide bonds. The Balaban J connectivity index is 2.07. The van der Waals surface area contributed by atoms with Gasteiger partial charge in [-0.15, -0.1) is 0 Å². The second kappa shape index (κ2) is 6.62. The summed E-state index contributed by atoms with van der Waals surface area (Å²) in [6, 6.07) is 6.85. The number of ether oxygens (including phenoxy) is 1. The number of hydrogen-bond acceptors (Lipinski definition) is 3. The fraction of sp³-hybridized carbons (Fsp3) is 0.412. The molecule has 0 fully saturated rings. The number of nitrogens with one attached hydrogen (secondary N) is 1. The topological polar surface area (TPSA) is 56.2 Å². The van der Waals surface area contributed by atoms with Gasteiger partial charge in [0.2, 0.25) is 0 Å². The Morgan fingerprint density at radius 2 is 2.13 bits per heavy atom. The van der Waals surface area contributed by atoms with E-state index in [0.717, 1.165) is 11.3 Å². The van der Waals surface area contributed by atoms with Crippen molar-refractivity contribution in [3.05, 3.63) is 46.7 Å². The van der Waals surface area contributed by atoms with Crippen LogP contribution < -0.4 is 10.1 Å². The lowest BCUT2D eigenvalue weighted by Crippen LogP contribution is -2.47. The summed E-state index contributed by atoms with van der Waals surface area (Å²) in [7, 11) is 1.86. The third kappa shape index (κ3) is 4.26. The number of nitrogens with zero attached hydrogens (tertiary/aromatic N) is 2. The lowest BCUT2D eigenvalue weighted by molar-refractivity contribution is -0.134. The maximum Gasteiger partial charge on any atom is 0.264 e. The number of hydrogen-bond donors (Lipinski definition) is 1. The van der Waals surface area contributed by atoms with Crippen LogP contribution in [0.4, 0.5) is 0 Å². The van der Waals surface area contributed by atoms with Crippen LogP contribution in [0.2, 0.25) is 5.02 Å². The van der Waals surface area contributed by atoms with E-state index in [1.54, 1.807) is 42.8 Å². The van der Waals surface area contributed by atoms with Crippen LogP contribution in [-0.4, -0.2) is 21.3 Å². The first-order chi connectivity index (χ1) is 10.7. The van der Waals surface area contributed by atoms with Crippen molar-refractivity contribution in [3.63, 3.8) is 0 Å². The van der Waals surface area contributed by atoms with Gasteiger partial charge in [-0.25, -0.2) is 0 Å². The first kappa shape index (κ1) is 17.3. The van der Waals surface area contributed by atoms with E-state index in [4.69, 9.17) is 16.3 Å². The monoisotopic (exact) mass is 335 g/mol. The summed E-state index contributed by atoms with van der Waals surface area (Å²) in [4.78, 5) is 12.6. The number of carbonyl (C=O) groups excluding carboxylic acids is 1. The van der Waals surface area contributed by atoms with E-state index in [1.165, 1.54) is 0 Å². The number of carbonyl (C=O) groups is 1.